The second kappa shape index (κ2) is 6.51. The number of rotatable bonds is 6. The highest BCUT2D eigenvalue weighted by Crippen LogP contribution is 2.15. The lowest BCUT2D eigenvalue weighted by Crippen LogP contribution is -2.07. The Morgan fingerprint density at radius 2 is 2.07 bits per heavy atom. The van der Waals surface area contributed by atoms with E-state index in [2.05, 4.69) is 12.6 Å². The third kappa shape index (κ3) is 3.96. The lowest BCUT2D eigenvalue weighted by Gasteiger charge is -2.07. The van der Waals surface area contributed by atoms with Gasteiger partial charge in [-0.2, -0.15) is 12.6 Å². The fraction of sp³-hybridized carbons (Fsp3) is 0.417. The van der Waals surface area contributed by atoms with Crippen LogP contribution in [-0.4, -0.2) is 18.6 Å². The maximum atomic E-state index is 10.5. The first-order chi connectivity index (χ1) is 7.30. The lowest BCUT2D eigenvalue weighted by molar-refractivity contribution is 0.340. The van der Waals surface area contributed by atoms with Crippen LogP contribution >= 0.6 is 12.6 Å². The molecule has 15 heavy (non-hydrogen) atoms. The molecule has 1 rings (SSSR count). The van der Waals surface area contributed by atoms with Gasteiger partial charge in [0, 0.05) is 11.7 Å². The second-order valence-corrected chi connectivity index (χ2v) is 3.64. The Balaban J connectivity index is 2.59. The standard InChI is InChI=1S/C12H15O2S/c1-2-14-12-5-3-10(4-6-12)7-11(8-13)9-15/h3-6,11,15H,2,7,9H2,1H3. The zero-order valence-electron chi connectivity index (χ0n) is 8.77. The van der Waals surface area contributed by atoms with Gasteiger partial charge in [-0.05, 0) is 31.0 Å². The Morgan fingerprint density at radius 1 is 1.40 bits per heavy atom. The van der Waals surface area contributed by atoms with Gasteiger partial charge < -0.3 is 4.74 Å². The van der Waals surface area contributed by atoms with Crippen LogP contribution in [0.4, 0.5) is 0 Å². The van der Waals surface area contributed by atoms with Crippen LogP contribution in [0.3, 0.4) is 0 Å². The van der Waals surface area contributed by atoms with E-state index in [4.69, 9.17) is 4.74 Å². The molecule has 2 nitrogen and oxygen atoms in total. The van der Waals surface area contributed by atoms with E-state index in [9.17, 15) is 4.79 Å². The summed E-state index contributed by atoms with van der Waals surface area (Å²) in [7, 11) is 0. The van der Waals surface area contributed by atoms with Crippen LogP contribution < -0.4 is 4.74 Å². The Bertz CT molecular complexity index is 295. The molecule has 3 heteroatoms. The van der Waals surface area contributed by atoms with Gasteiger partial charge in [0.1, 0.15) is 5.75 Å². The van der Waals surface area contributed by atoms with Gasteiger partial charge in [0.2, 0.25) is 6.29 Å². The van der Waals surface area contributed by atoms with Gasteiger partial charge >= 0.3 is 0 Å². The highest BCUT2D eigenvalue weighted by atomic mass is 32.1. The summed E-state index contributed by atoms with van der Waals surface area (Å²) in [5.74, 6) is 1.28. The van der Waals surface area contributed by atoms with Crippen molar-refractivity contribution >= 4 is 18.9 Å². The van der Waals surface area contributed by atoms with Crippen molar-refractivity contribution in [1.82, 2.24) is 0 Å². The van der Waals surface area contributed by atoms with Crippen molar-refractivity contribution < 1.29 is 9.53 Å². The minimum absolute atomic E-state index is 0.119. The summed E-state index contributed by atoms with van der Waals surface area (Å²) in [5, 5.41) is 0. The first kappa shape index (κ1) is 12.1. The molecule has 1 aromatic rings. The van der Waals surface area contributed by atoms with E-state index in [-0.39, 0.29) is 5.92 Å². The summed E-state index contributed by atoms with van der Waals surface area (Å²) in [4.78, 5) is 10.5. The number of carbonyl (C=O) groups excluding carboxylic acids is 1. The van der Waals surface area contributed by atoms with Crippen molar-refractivity contribution in [2.45, 2.75) is 13.3 Å². The molecule has 0 heterocycles. The van der Waals surface area contributed by atoms with E-state index >= 15 is 0 Å². The fourth-order valence-corrected chi connectivity index (χ4v) is 1.52. The van der Waals surface area contributed by atoms with Crippen molar-refractivity contribution in [2.75, 3.05) is 12.4 Å². The van der Waals surface area contributed by atoms with E-state index in [1.807, 2.05) is 37.5 Å². The SMILES string of the molecule is CCOc1ccc(CC([C]=O)CS)cc1. The van der Waals surface area contributed by atoms with Crippen LogP contribution in [0.15, 0.2) is 24.3 Å². The first-order valence-electron chi connectivity index (χ1n) is 5.00. The van der Waals surface area contributed by atoms with Gasteiger partial charge in [-0.25, -0.2) is 0 Å². The average Bonchev–Trinajstić information content (AvgIpc) is 2.28. The number of hydrogen-bond acceptors (Lipinski definition) is 3. The van der Waals surface area contributed by atoms with Crippen LogP contribution in [-0.2, 0) is 11.2 Å². The summed E-state index contributed by atoms with van der Waals surface area (Å²) in [6.07, 6.45) is 2.68. The van der Waals surface area contributed by atoms with Gasteiger partial charge in [-0.1, -0.05) is 12.1 Å². The molecule has 0 bridgehead atoms. The van der Waals surface area contributed by atoms with E-state index in [1.165, 1.54) is 0 Å². The van der Waals surface area contributed by atoms with E-state index in [0.29, 0.717) is 18.8 Å². The molecule has 0 aromatic heterocycles. The first-order valence-corrected chi connectivity index (χ1v) is 5.63. The van der Waals surface area contributed by atoms with Crippen LogP contribution in [0, 0.1) is 5.92 Å². The molecule has 0 spiro atoms. The molecule has 0 aliphatic heterocycles. The third-order valence-corrected chi connectivity index (χ3v) is 2.54. The maximum absolute atomic E-state index is 10.5. The molecule has 1 aromatic carbocycles. The number of ether oxygens (including phenoxy) is 1. The smallest absolute Gasteiger partial charge is 0.202 e. The predicted octanol–water partition coefficient (Wildman–Crippen LogP) is 2.28. The van der Waals surface area contributed by atoms with Crippen molar-refractivity contribution in [3.8, 4) is 5.75 Å². The lowest BCUT2D eigenvalue weighted by atomic mass is 10.0. The molecule has 1 unspecified atom stereocenters. The van der Waals surface area contributed by atoms with Crippen LogP contribution in [0.25, 0.3) is 0 Å². The largest absolute Gasteiger partial charge is 0.494 e. The number of hydrogen-bond donors (Lipinski definition) is 1. The molecule has 0 aliphatic rings. The summed E-state index contributed by atoms with van der Waals surface area (Å²) in [6.45, 7) is 2.62. The Hall–Kier alpha value is -0.960. The Labute approximate surface area is 96.1 Å². The van der Waals surface area contributed by atoms with E-state index < -0.39 is 0 Å². The molecule has 0 aliphatic carbocycles. The molecule has 0 N–H and O–H groups in total. The average molecular weight is 223 g/mol. The maximum Gasteiger partial charge on any atom is 0.202 e. The number of benzene rings is 1. The quantitative estimate of drug-likeness (QED) is 0.749. The van der Waals surface area contributed by atoms with Crippen LogP contribution in [0.2, 0.25) is 0 Å². The monoisotopic (exact) mass is 223 g/mol. The topological polar surface area (TPSA) is 26.3 Å². The van der Waals surface area contributed by atoms with Gasteiger partial charge in [0.15, 0.2) is 0 Å². The van der Waals surface area contributed by atoms with Gasteiger partial charge in [-0.15, -0.1) is 0 Å². The number of thiol groups is 1. The third-order valence-electron chi connectivity index (χ3n) is 2.10. The highest BCUT2D eigenvalue weighted by Gasteiger charge is 2.07. The summed E-state index contributed by atoms with van der Waals surface area (Å²) in [6, 6.07) is 7.77. The molecule has 1 radical (unpaired) electrons. The predicted molar refractivity (Wildman–Crippen MR) is 64.4 cm³/mol. The van der Waals surface area contributed by atoms with Gasteiger partial charge in [-0.3, -0.25) is 4.79 Å². The van der Waals surface area contributed by atoms with Crippen molar-refractivity contribution in [3.63, 3.8) is 0 Å². The van der Waals surface area contributed by atoms with E-state index in [0.717, 1.165) is 11.3 Å². The molecule has 0 amide bonds. The Kier molecular flexibility index (Phi) is 5.26. The van der Waals surface area contributed by atoms with Crippen molar-refractivity contribution in [2.24, 2.45) is 5.92 Å². The van der Waals surface area contributed by atoms with Crippen molar-refractivity contribution in [3.05, 3.63) is 29.8 Å². The Morgan fingerprint density at radius 3 is 2.53 bits per heavy atom. The van der Waals surface area contributed by atoms with Gasteiger partial charge in [0.25, 0.3) is 0 Å². The van der Waals surface area contributed by atoms with Gasteiger partial charge in [0.05, 0.1) is 6.61 Å². The molecule has 1 atom stereocenters. The summed E-state index contributed by atoms with van der Waals surface area (Å²) in [5.41, 5.74) is 1.11. The zero-order valence-corrected chi connectivity index (χ0v) is 9.67. The molecular formula is C12H15O2S. The molecule has 0 fully saturated rings. The van der Waals surface area contributed by atoms with Crippen molar-refractivity contribution in [1.29, 1.82) is 0 Å². The summed E-state index contributed by atoms with van der Waals surface area (Å²) < 4.78 is 5.33. The molecule has 0 saturated carbocycles. The van der Waals surface area contributed by atoms with E-state index in [1.54, 1.807) is 0 Å². The minimum atomic E-state index is -0.119. The molecule has 0 saturated heterocycles. The zero-order chi connectivity index (χ0) is 11.1. The highest BCUT2D eigenvalue weighted by molar-refractivity contribution is 7.80. The summed E-state index contributed by atoms with van der Waals surface area (Å²) >= 11 is 4.09. The molecular weight excluding hydrogens is 208 g/mol. The second-order valence-electron chi connectivity index (χ2n) is 3.28. The minimum Gasteiger partial charge on any atom is -0.494 e. The normalized spacial score (nSPS) is 12.1. The van der Waals surface area contributed by atoms with Crippen LogP contribution in [0.1, 0.15) is 12.5 Å². The fourth-order valence-electron chi connectivity index (χ4n) is 1.32. The molecule has 81 valence electrons. The van der Waals surface area contributed by atoms with Crippen LogP contribution in [0.5, 0.6) is 5.75 Å².